The van der Waals surface area contributed by atoms with E-state index in [1.807, 2.05) is 0 Å². The highest BCUT2D eigenvalue weighted by atomic mass is 16.6. The minimum absolute atomic E-state index is 0.111. The minimum Gasteiger partial charge on any atom is -0.508 e. The number of phenols is 2. The predicted molar refractivity (Wildman–Crippen MR) is 305 cm³/mol. The second-order valence-electron chi connectivity index (χ2n) is 16.8. The van der Waals surface area contributed by atoms with Crippen molar-refractivity contribution in [2.24, 2.45) is 0 Å². The van der Waals surface area contributed by atoms with Crippen molar-refractivity contribution >= 4 is 65.8 Å². The molecule has 12 nitrogen and oxygen atoms in total. The monoisotopic (exact) mass is 1030 g/mol. The molecule has 10 aromatic carbocycles. The fraction of sp³-hybridized carbons (Fsp3) is 0.188. The number of esters is 2. The third-order valence-electron chi connectivity index (χ3n) is 10.6. The Bertz CT molecular complexity index is 2790. The Morgan fingerprint density at radius 1 is 0.329 bits per heavy atom. The standard InChI is InChI=1S/2C15H16O5.3C10H8.2C2H6O/c2*1-19-8-14(17)9-20-15(18)12-3-2-11-7-13(16)5-4-10(11)6-12;3*1-2-6-10-8-4-3-7-9(10)5-1;2*1-3-2/h2*2-7,14,16-17H,8-9H2,1H3;3*1-8H;2*1-2H3. The van der Waals surface area contributed by atoms with E-state index in [0.717, 1.165) is 21.5 Å². The number of aliphatic hydroxyl groups is 2. The number of carbonyl (C=O) groups excluding carboxylic acids is 2. The molecule has 0 aliphatic rings. The zero-order valence-electron chi connectivity index (χ0n) is 43.8. The lowest BCUT2D eigenvalue weighted by atomic mass is 10.1. The van der Waals surface area contributed by atoms with Crippen LogP contribution in [0.2, 0.25) is 0 Å². The minimum atomic E-state index is -0.832. The largest absolute Gasteiger partial charge is 0.508 e. The van der Waals surface area contributed by atoms with E-state index in [2.05, 4.69) is 155 Å². The third kappa shape index (κ3) is 21.3. The Kier molecular flexibility index (Phi) is 27.3. The number of hydrogen-bond donors (Lipinski definition) is 4. The molecule has 0 heterocycles. The van der Waals surface area contributed by atoms with Crippen LogP contribution in [-0.4, -0.2) is 114 Å². The number of benzene rings is 10. The molecule has 0 spiro atoms. The number of carbonyl (C=O) groups is 2. The predicted octanol–water partition coefficient (Wildman–Crippen LogP) is 12.5. The molecule has 0 fully saturated rings. The lowest BCUT2D eigenvalue weighted by Gasteiger charge is -2.10. The Labute approximate surface area is 444 Å². The molecule has 4 N–H and O–H groups in total. The van der Waals surface area contributed by atoms with E-state index in [1.165, 1.54) is 46.5 Å². The first-order valence-corrected chi connectivity index (χ1v) is 24.2. The van der Waals surface area contributed by atoms with Crippen LogP contribution < -0.4 is 0 Å². The second-order valence-corrected chi connectivity index (χ2v) is 16.8. The molecule has 12 heteroatoms. The Morgan fingerprint density at radius 2 is 0.553 bits per heavy atom. The Morgan fingerprint density at radius 3 is 0.789 bits per heavy atom. The molecule has 396 valence electrons. The van der Waals surface area contributed by atoms with Crippen LogP contribution in [0.15, 0.2) is 218 Å². The molecule has 0 saturated heterocycles. The van der Waals surface area contributed by atoms with Crippen molar-refractivity contribution < 1.29 is 58.4 Å². The van der Waals surface area contributed by atoms with Gasteiger partial charge in [0.25, 0.3) is 0 Å². The van der Waals surface area contributed by atoms with Gasteiger partial charge in [-0.3, -0.25) is 0 Å². The van der Waals surface area contributed by atoms with Gasteiger partial charge in [-0.25, -0.2) is 9.59 Å². The summed E-state index contributed by atoms with van der Waals surface area (Å²) in [7, 11) is 9.42. The smallest absolute Gasteiger partial charge is 0.338 e. The molecule has 10 rings (SSSR count). The van der Waals surface area contributed by atoms with Crippen LogP contribution >= 0.6 is 0 Å². The molecule has 0 radical (unpaired) electrons. The summed E-state index contributed by atoms with van der Waals surface area (Å²) in [6.45, 7) is 0.00906. The van der Waals surface area contributed by atoms with Crippen molar-refractivity contribution in [2.45, 2.75) is 12.2 Å². The van der Waals surface area contributed by atoms with Crippen LogP contribution in [0.25, 0.3) is 53.9 Å². The number of methoxy groups -OCH3 is 4. The van der Waals surface area contributed by atoms with E-state index >= 15 is 0 Å². The quantitative estimate of drug-likeness (QED) is 0.0958. The average Bonchev–Trinajstić information content (AvgIpc) is 3.45. The molecule has 2 unspecified atom stereocenters. The topological polar surface area (TPSA) is 170 Å². The average molecular weight is 1030 g/mol. The summed E-state index contributed by atoms with van der Waals surface area (Å²) in [5.74, 6) is -0.656. The summed E-state index contributed by atoms with van der Waals surface area (Å²) in [5.41, 5.74) is 0.792. The van der Waals surface area contributed by atoms with Crippen molar-refractivity contribution in [3.05, 3.63) is 230 Å². The van der Waals surface area contributed by atoms with Gasteiger partial charge in [-0.05, 0) is 102 Å². The summed E-state index contributed by atoms with van der Waals surface area (Å²) in [6, 6.07) is 70.0. The molecule has 10 aromatic rings. The van der Waals surface area contributed by atoms with Crippen molar-refractivity contribution in [1.29, 1.82) is 0 Å². The maximum atomic E-state index is 11.8. The highest BCUT2D eigenvalue weighted by Crippen LogP contribution is 2.23. The third-order valence-corrected chi connectivity index (χ3v) is 10.6. The van der Waals surface area contributed by atoms with E-state index in [1.54, 1.807) is 101 Å². The van der Waals surface area contributed by atoms with Gasteiger partial charge < -0.3 is 48.8 Å². The second kappa shape index (κ2) is 34.3. The van der Waals surface area contributed by atoms with Gasteiger partial charge in [0, 0.05) is 42.7 Å². The van der Waals surface area contributed by atoms with E-state index in [0.29, 0.717) is 11.1 Å². The number of phenolic OH excluding ortho intramolecular Hbond substituents is 2. The first-order chi connectivity index (χ1) is 36.9. The van der Waals surface area contributed by atoms with Crippen LogP contribution in [-0.2, 0) is 28.4 Å². The molecular formula is C64H68O12. The molecule has 0 bridgehead atoms. The first-order valence-electron chi connectivity index (χ1n) is 24.2. The molecule has 0 amide bonds. The molecule has 2 atom stereocenters. The molecule has 0 aliphatic carbocycles. The Hall–Kier alpha value is -8.20. The van der Waals surface area contributed by atoms with E-state index in [-0.39, 0.29) is 37.9 Å². The van der Waals surface area contributed by atoms with Gasteiger partial charge in [-0.2, -0.15) is 0 Å². The number of ether oxygens (including phenoxy) is 6. The summed E-state index contributed by atoms with van der Waals surface area (Å²) in [4.78, 5) is 23.7. The lowest BCUT2D eigenvalue weighted by molar-refractivity contribution is -0.0000200. The van der Waals surface area contributed by atoms with Gasteiger partial charge in [0.15, 0.2) is 0 Å². The van der Waals surface area contributed by atoms with Gasteiger partial charge in [-0.1, -0.05) is 170 Å². The van der Waals surface area contributed by atoms with Gasteiger partial charge in [0.2, 0.25) is 0 Å². The molecule has 0 aromatic heterocycles. The van der Waals surface area contributed by atoms with Gasteiger partial charge in [0.1, 0.15) is 36.9 Å². The first kappa shape index (κ1) is 60.4. The number of aromatic hydroxyl groups is 2. The summed E-state index contributed by atoms with van der Waals surface area (Å²) in [6.07, 6.45) is -1.66. The molecule has 76 heavy (non-hydrogen) atoms. The Balaban J connectivity index is 0.000000206. The van der Waals surface area contributed by atoms with Gasteiger partial charge in [-0.15, -0.1) is 0 Å². The normalized spacial score (nSPS) is 10.9. The van der Waals surface area contributed by atoms with Crippen molar-refractivity contribution in [2.75, 3.05) is 69.1 Å². The van der Waals surface area contributed by atoms with Crippen LogP contribution in [0.1, 0.15) is 20.7 Å². The van der Waals surface area contributed by atoms with Crippen molar-refractivity contribution in [3.8, 4) is 11.5 Å². The number of hydrogen-bond acceptors (Lipinski definition) is 12. The summed E-state index contributed by atoms with van der Waals surface area (Å²) < 4.78 is 28.0. The lowest BCUT2D eigenvalue weighted by Crippen LogP contribution is -2.23. The zero-order chi connectivity index (χ0) is 54.9. The number of aliphatic hydroxyl groups excluding tert-OH is 2. The van der Waals surface area contributed by atoms with Gasteiger partial charge >= 0.3 is 11.9 Å². The zero-order valence-corrected chi connectivity index (χ0v) is 43.8. The van der Waals surface area contributed by atoms with E-state index < -0.39 is 24.1 Å². The summed E-state index contributed by atoms with van der Waals surface area (Å²) in [5, 5.41) is 48.8. The fourth-order valence-corrected chi connectivity index (χ4v) is 7.11. The maximum absolute atomic E-state index is 11.8. The molecular weight excluding hydrogens is 961 g/mol. The van der Waals surface area contributed by atoms with Crippen LogP contribution in [0.4, 0.5) is 0 Å². The highest BCUT2D eigenvalue weighted by Gasteiger charge is 2.13. The van der Waals surface area contributed by atoms with Crippen molar-refractivity contribution in [3.63, 3.8) is 0 Å². The summed E-state index contributed by atoms with van der Waals surface area (Å²) >= 11 is 0. The van der Waals surface area contributed by atoms with Crippen LogP contribution in [0.5, 0.6) is 11.5 Å². The van der Waals surface area contributed by atoms with Crippen LogP contribution in [0, 0.1) is 0 Å². The number of rotatable bonds is 10. The molecule has 0 aliphatic heterocycles. The van der Waals surface area contributed by atoms with Crippen molar-refractivity contribution in [1.82, 2.24) is 0 Å². The van der Waals surface area contributed by atoms with Gasteiger partial charge in [0.05, 0.1) is 24.3 Å². The fourth-order valence-electron chi connectivity index (χ4n) is 7.11. The molecule has 0 saturated carbocycles. The number of fused-ring (bicyclic) bond motifs is 5. The van der Waals surface area contributed by atoms with Crippen LogP contribution in [0.3, 0.4) is 0 Å². The van der Waals surface area contributed by atoms with E-state index in [4.69, 9.17) is 18.9 Å². The maximum Gasteiger partial charge on any atom is 0.338 e. The highest BCUT2D eigenvalue weighted by molar-refractivity contribution is 5.97. The SMILES string of the molecule is COC.COC.COCC(O)COC(=O)c1ccc2cc(O)ccc2c1.COCC(O)COC(=O)c1ccc2cc(O)ccc2c1.c1ccc2ccccc2c1.c1ccc2ccccc2c1.c1ccc2ccccc2c1. The van der Waals surface area contributed by atoms with E-state index in [9.17, 15) is 30.0 Å².